The lowest BCUT2D eigenvalue weighted by Crippen LogP contribution is -2.38. The largest absolute Gasteiger partial charge is 0.357 e. The van der Waals surface area contributed by atoms with E-state index < -0.39 is 0 Å². The van der Waals surface area contributed by atoms with Crippen LogP contribution in [0.5, 0.6) is 0 Å². The minimum absolute atomic E-state index is 0. The van der Waals surface area contributed by atoms with Crippen LogP contribution in [0.4, 0.5) is 0 Å². The van der Waals surface area contributed by atoms with Gasteiger partial charge in [0.05, 0.1) is 12.2 Å². The minimum Gasteiger partial charge on any atom is -0.357 e. The van der Waals surface area contributed by atoms with Crippen LogP contribution in [-0.2, 0) is 6.54 Å². The smallest absolute Gasteiger partial charge is 0.191 e. The molecule has 1 saturated carbocycles. The number of nitrogens with zero attached hydrogens (tertiary/aromatic N) is 2. The summed E-state index contributed by atoms with van der Waals surface area (Å²) >= 11 is 0. The maximum absolute atomic E-state index is 4.48. The van der Waals surface area contributed by atoms with E-state index >= 15 is 0 Å². The van der Waals surface area contributed by atoms with E-state index in [0.717, 1.165) is 30.7 Å². The standard InChI is InChI=1S/C11H19N5.HI/c1-2-12-11(13-7-9-3-4-9)14-8-10-5-6-15-16-10;/h5-6,9H,2-4,7-8H2,1H3,(H,15,16)(H2,12,13,14);1H. The average molecular weight is 349 g/mol. The quantitative estimate of drug-likeness (QED) is 0.429. The van der Waals surface area contributed by atoms with Gasteiger partial charge in [-0.3, -0.25) is 5.10 Å². The topological polar surface area (TPSA) is 65.1 Å². The number of H-pyrrole nitrogens is 1. The van der Waals surface area contributed by atoms with Gasteiger partial charge in [0.1, 0.15) is 0 Å². The molecule has 1 heterocycles. The third kappa shape index (κ3) is 5.38. The molecule has 0 aliphatic heterocycles. The van der Waals surface area contributed by atoms with Gasteiger partial charge in [-0.15, -0.1) is 24.0 Å². The first-order valence-electron chi connectivity index (χ1n) is 5.89. The zero-order chi connectivity index (χ0) is 11.2. The van der Waals surface area contributed by atoms with E-state index in [2.05, 4.69) is 32.7 Å². The van der Waals surface area contributed by atoms with E-state index in [1.165, 1.54) is 12.8 Å². The van der Waals surface area contributed by atoms with Crippen LogP contribution in [0.2, 0.25) is 0 Å². The molecule has 1 aromatic rings. The second kappa shape index (κ2) is 7.52. The highest BCUT2D eigenvalue weighted by atomic mass is 127. The Labute approximate surface area is 119 Å². The number of aromatic nitrogens is 2. The van der Waals surface area contributed by atoms with Crippen LogP contribution in [0.1, 0.15) is 25.5 Å². The van der Waals surface area contributed by atoms with Gasteiger partial charge in [0.15, 0.2) is 5.96 Å². The summed E-state index contributed by atoms with van der Waals surface area (Å²) in [4.78, 5) is 4.48. The molecule has 1 aromatic heterocycles. The number of rotatable bonds is 5. The summed E-state index contributed by atoms with van der Waals surface area (Å²) in [5.41, 5.74) is 1.03. The minimum atomic E-state index is 0. The number of hydrogen-bond donors (Lipinski definition) is 3. The van der Waals surface area contributed by atoms with Crippen LogP contribution in [0.15, 0.2) is 17.3 Å². The van der Waals surface area contributed by atoms with Gasteiger partial charge in [-0.05, 0) is 31.7 Å². The van der Waals surface area contributed by atoms with Crippen molar-refractivity contribution < 1.29 is 0 Å². The van der Waals surface area contributed by atoms with Crippen molar-refractivity contribution in [3.05, 3.63) is 18.0 Å². The van der Waals surface area contributed by atoms with Gasteiger partial charge in [0.2, 0.25) is 0 Å². The molecule has 1 aliphatic carbocycles. The highest BCUT2D eigenvalue weighted by molar-refractivity contribution is 14.0. The summed E-state index contributed by atoms with van der Waals surface area (Å²) in [5, 5.41) is 13.4. The molecule has 1 fully saturated rings. The molecule has 0 saturated heterocycles. The third-order valence-corrected chi connectivity index (χ3v) is 2.57. The van der Waals surface area contributed by atoms with E-state index in [0.29, 0.717) is 6.54 Å². The lowest BCUT2D eigenvalue weighted by Gasteiger charge is -2.10. The van der Waals surface area contributed by atoms with Crippen LogP contribution in [0, 0.1) is 5.92 Å². The van der Waals surface area contributed by atoms with Crippen molar-refractivity contribution in [3.8, 4) is 0 Å². The first kappa shape index (κ1) is 14.3. The Hall–Kier alpha value is -0.790. The maximum Gasteiger partial charge on any atom is 0.191 e. The van der Waals surface area contributed by atoms with Gasteiger partial charge in [0.25, 0.3) is 0 Å². The molecule has 17 heavy (non-hydrogen) atoms. The van der Waals surface area contributed by atoms with Gasteiger partial charge in [0, 0.05) is 19.3 Å². The third-order valence-electron chi connectivity index (χ3n) is 2.57. The SMILES string of the molecule is CCNC(=NCc1ccn[nH]1)NCC1CC1.I. The van der Waals surface area contributed by atoms with Gasteiger partial charge in [-0.1, -0.05) is 0 Å². The highest BCUT2D eigenvalue weighted by Gasteiger charge is 2.20. The Morgan fingerprint density at radius 1 is 1.53 bits per heavy atom. The summed E-state index contributed by atoms with van der Waals surface area (Å²) in [6.45, 7) is 4.64. The number of guanidine groups is 1. The summed E-state index contributed by atoms with van der Waals surface area (Å²) in [5.74, 6) is 1.75. The zero-order valence-electron chi connectivity index (χ0n) is 10.1. The molecule has 0 aromatic carbocycles. The number of halogens is 1. The van der Waals surface area contributed by atoms with E-state index in [1.807, 2.05) is 6.07 Å². The molecular formula is C11H20IN5. The Kier molecular flexibility index (Phi) is 6.31. The van der Waals surface area contributed by atoms with Crippen LogP contribution in [0.3, 0.4) is 0 Å². The lowest BCUT2D eigenvalue weighted by molar-refractivity contribution is 0.738. The summed E-state index contributed by atoms with van der Waals surface area (Å²) in [7, 11) is 0. The normalized spacial score (nSPS) is 15.2. The Balaban J connectivity index is 0.00000144. The van der Waals surface area contributed by atoms with Crippen molar-refractivity contribution in [2.75, 3.05) is 13.1 Å². The number of aliphatic imine (C=N–C) groups is 1. The first-order valence-corrected chi connectivity index (χ1v) is 5.89. The molecule has 0 unspecified atom stereocenters. The molecule has 1 aliphatic rings. The van der Waals surface area contributed by atoms with Crippen LogP contribution >= 0.6 is 24.0 Å². The molecule has 0 atom stereocenters. The van der Waals surface area contributed by atoms with Crippen LogP contribution < -0.4 is 10.6 Å². The summed E-state index contributed by atoms with van der Waals surface area (Å²) in [6, 6.07) is 1.94. The lowest BCUT2D eigenvalue weighted by atomic mass is 10.4. The predicted molar refractivity (Wildman–Crippen MR) is 79.5 cm³/mol. The van der Waals surface area contributed by atoms with Crippen LogP contribution in [-0.4, -0.2) is 29.2 Å². The van der Waals surface area contributed by atoms with Gasteiger partial charge in [-0.2, -0.15) is 5.10 Å². The van der Waals surface area contributed by atoms with Crippen molar-refractivity contribution in [2.24, 2.45) is 10.9 Å². The molecule has 96 valence electrons. The number of nitrogens with one attached hydrogen (secondary N) is 3. The van der Waals surface area contributed by atoms with E-state index in [4.69, 9.17) is 0 Å². The summed E-state index contributed by atoms with van der Waals surface area (Å²) in [6.07, 6.45) is 4.45. The van der Waals surface area contributed by atoms with Crippen molar-refractivity contribution in [1.82, 2.24) is 20.8 Å². The predicted octanol–water partition coefficient (Wildman–Crippen LogP) is 1.49. The highest BCUT2D eigenvalue weighted by Crippen LogP contribution is 2.27. The number of hydrogen-bond acceptors (Lipinski definition) is 2. The number of aromatic amines is 1. The van der Waals surface area contributed by atoms with Crippen molar-refractivity contribution in [3.63, 3.8) is 0 Å². The molecule has 0 spiro atoms. The average Bonchev–Trinajstić information content (AvgIpc) is 2.97. The second-order valence-corrected chi connectivity index (χ2v) is 4.10. The van der Waals surface area contributed by atoms with Crippen molar-refractivity contribution >= 4 is 29.9 Å². The Morgan fingerprint density at radius 2 is 2.35 bits per heavy atom. The van der Waals surface area contributed by atoms with Gasteiger partial charge >= 0.3 is 0 Å². The first-order chi connectivity index (χ1) is 7.88. The summed E-state index contributed by atoms with van der Waals surface area (Å²) < 4.78 is 0. The Morgan fingerprint density at radius 3 is 2.94 bits per heavy atom. The van der Waals surface area contributed by atoms with Crippen molar-refractivity contribution in [1.29, 1.82) is 0 Å². The maximum atomic E-state index is 4.48. The molecule has 5 nitrogen and oxygen atoms in total. The Bertz CT molecular complexity index is 332. The molecule has 0 radical (unpaired) electrons. The molecule has 2 rings (SSSR count). The van der Waals surface area contributed by atoms with E-state index in [9.17, 15) is 0 Å². The van der Waals surface area contributed by atoms with Crippen LogP contribution in [0.25, 0.3) is 0 Å². The van der Waals surface area contributed by atoms with Gasteiger partial charge < -0.3 is 10.6 Å². The monoisotopic (exact) mass is 349 g/mol. The fourth-order valence-electron chi connectivity index (χ4n) is 1.44. The molecule has 0 amide bonds. The fraction of sp³-hybridized carbons (Fsp3) is 0.636. The second-order valence-electron chi connectivity index (χ2n) is 4.10. The van der Waals surface area contributed by atoms with Crippen molar-refractivity contribution in [2.45, 2.75) is 26.3 Å². The molecule has 0 bridgehead atoms. The van der Waals surface area contributed by atoms with Gasteiger partial charge in [-0.25, -0.2) is 4.99 Å². The van der Waals surface area contributed by atoms with E-state index in [-0.39, 0.29) is 24.0 Å². The van der Waals surface area contributed by atoms with E-state index in [1.54, 1.807) is 6.20 Å². The molecular weight excluding hydrogens is 329 g/mol. The fourth-order valence-corrected chi connectivity index (χ4v) is 1.44. The zero-order valence-corrected chi connectivity index (χ0v) is 12.4. The molecule has 3 N–H and O–H groups in total. The molecule has 6 heteroatoms.